The summed E-state index contributed by atoms with van der Waals surface area (Å²) in [6.45, 7) is 2.54. The first-order chi connectivity index (χ1) is 12.0. The van der Waals surface area contributed by atoms with E-state index in [0.29, 0.717) is 17.8 Å². The standard InChI is InChI=1S/C16H27N3O3.CH2O2/c1-3-4-5-6-9-18-16(21)19-13-10-12(15(17)20)7-8-14(11-13)22-2;2-1-3/h7-8,10-11,14-15,20H,3-6,9,17H2,1-2H3,(H2,18,19,21);1H,(H,2,3). The van der Waals surface area contributed by atoms with Gasteiger partial charge in [0.05, 0.1) is 6.10 Å². The monoisotopic (exact) mass is 355 g/mol. The fourth-order valence-corrected chi connectivity index (χ4v) is 2.05. The van der Waals surface area contributed by atoms with Gasteiger partial charge in [-0.15, -0.1) is 0 Å². The minimum Gasteiger partial charge on any atom is -0.483 e. The van der Waals surface area contributed by atoms with Crippen LogP contribution in [0.3, 0.4) is 0 Å². The van der Waals surface area contributed by atoms with Gasteiger partial charge in [0.15, 0.2) is 0 Å². The predicted octanol–water partition coefficient (Wildman–Crippen LogP) is 1.24. The van der Waals surface area contributed by atoms with Gasteiger partial charge in [0.25, 0.3) is 6.47 Å². The fourth-order valence-electron chi connectivity index (χ4n) is 2.05. The van der Waals surface area contributed by atoms with Crippen LogP contribution in [-0.2, 0) is 9.53 Å². The molecule has 8 nitrogen and oxygen atoms in total. The third kappa shape index (κ3) is 11.1. The number of unbranched alkanes of at least 4 members (excludes halogenated alkanes) is 3. The molecule has 8 heteroatoms. The van der Waals surface area contributed by atoms with E-state index in [0.717, 1.165) is 12.8 Å². The van der Waals surface area contributed by atoms with E-state index in [1.165, 1.54) is 12.8 Å². The van der Waals surface area contributed by atoms with Gasteiger partial charge >= 0.3 is 6.03 Å². The number of hydrogen-bond acceptors (Lipinski definition) is 5. The number of amides is 2. The fraction of sp³-hybridized carbons (Fsp3) is 0.529. The van der Waals surface area contributed by atoms with Crippen molar-refractivity contribution in [2.24, 2.45) is 5.73 Å². The lowest BCUT2D eigenvalue weighted by molar-refractivity contribution is -0.122. The second kappa shape index (κ2) is 14.2. The van der Waals surface area contributed by atoms with Gasteiger partial charge in [0, 0.05) is 19.4 Å². The summed E-state index contributed by atoms with van der Waals surface area (Å²) in [6, 6.07) is -0.276. The lowest BCUT2D eigenvalue weighted by atomic mass is 10.2. The van der Waals surface area contributed by atoms with E-state index in [-0.39, 0.29) is 18.6 Å². The van der Waals surface area contributed by atoms with E-state index in [1.807, 2.05) is 0 Å². The normalized spacial score (nSPS) is 17.2. The predicted molar refractivity (Wildman–Crippen MR) is 95.7 cm³/mol. The number of nitrogens with two attached hydrogens (primary N) is 1. The summed E-state index contributed by atoms with van der Waals surface area (Å²) in [5.41, 5.74) is 6.54. The van der Waals surface area contributed by atoms with E-state index in [1.54, 1.807) is 31.4 Å². The van der Waals surface area contributed by atoms with Crippen molar-refractivity contribution in [2.45, 2.75) is 44.9 Å². The van der Waals surface area contributed by atoms with Crippen LogP contribution in [0.2, 0.25) is 0 Å². The zero-order chi connectivity index (χ0) is 19.1. The second-order valence-electron chi connectivity index (χ2n) is 5.32. The summed E-state index contributed by atoms with van der Waals surface area (Å²) in [5, 5.41) is 21.9. The zero-order valence-electron chi connectivity index (χ0n) is 14.8. The molecule has 0 aromatic rings. The van der Waals surface area contributed by atoms with Crippen LogP contribution in [0, 0.1) is 0 Å². The number of aliphatic hydroxyl groups excluding tert-OH is 1. The van der Waals surface area contributed by atoms with Crippen molar-refractivity contribution >= 4 is 12.5 Å². The molecule has 0 heterocycles. The summed E-state index contributed by atoms with van der Waals surface area (Å²) in [5.74, 6) is 0. The van der Waals surface area contributed by atoms with Crippen LogP contribution in [0.15, 0.2) is 35.6 Å². The lowest BCUT2D eigenvalue weighted by Gasteiger charge is -2.11. The first-order valence-electron chi connectivity index (χ1n) is 8.19. The molecule has 0 spiro atoms. The maximum atomic E-state index is 11.9. The molecule has 0 saturated carbocycles. The summed E-state index contributed by atoms with van der Waals surface area (Å²) < 4.78 is 5.25. The van der Waals surface area contributed by atoms with Crippen LogP contribution in [0.25, 0.3) is 0 Å². The molecular formula is C17H29N3O5. The topological polar surface area (TPSA) is 134 Å². The minimum absolute atomic E-state index is 0.250. The molecular weight excluding hydrogens is 326 g/mol. The molecule has 0 radical (unpaired) electrons. The quantitative estimate of drug-likeness (QED) is 0.253. The molecule has 1 aliphatic rings. The highest BCUT2D eigenvalue weighted by Gasteiger charge is 2.12. The van der Waals surface area contributed by atoms with Gasteiger partial charge in [-0.2, -0.15) is 0 Å². The van der Waals surface area contributed by atoms with Gasteiger partial charge in [-0.05, 0) is 24.1 Å². The van der Waals surface area contributed by atoms with Crippen molar-refractivity contribution in [1.29, 1.82) is 0 Å². The molecule has 0 aliphatic heterocycles. The number of ether oxygens (including phenoxy) is 1. The smallest absolute Gasteiger partial charge is 0.319 e. The number of allylic oxidation sites excluding steroid dienone is 1. The minimum atomic E-state index is -1.10. The number of nitrogens with one attached hydrogen (secondary N) is 2. The maximum absolute atomic E-state index is 11.9. The molecule has 25 heavy (non-hydrogen) atoms. The average Bonchev–Trinajstić information content (AvgIpc) is 2.77. The number of urea groups is 1. The maximum Gasteiger partial charge on any atom is 0.319 e. The number of rotatable bonds is 8. The van der Waals surface area contributed by atoms with Crippen LogP contribution in [-0.4, -0.2) is 48.7 Å². The first-order valence-corrected chi connectivity index (χ1v) is 8.19. The Morgan fingerprint density at radius 3 is 2.68 bits per heavy atom. The van der Waals surface area contributed by atoms with E-state index in [9.17, 15) is 9.90 Å². The Labute approximate surface area is 148 Å². The van der Waals surface area contributed by atoms with Crippen molar-refractivity contribution < 1.29 is 24.5 Å². The number of hydrogen-bond donors (Lipinski definition) is 5. The van der Waals surface area contributed by atoms with Gasteiger partial charge in [-0.25, -0.2) is 4.79 Å². The third-order valence-electron chi connectivity index (χ3n) is 3.33. The largest absolute Gasteiger partial charge is 0.483 e. The van der Waals surface area contributed by atoms with Crippen LogP contribution < -0.4 is 16.4 Å². The summed E-state index contributed by atoms with van der Waals surface area (Å²) >= 11 is 0. The molecule has 2 unspecified atom stereocenters. The Kier molecular flexibility index (Phi) is 13.0. The Bertz CT molecular complexity index is 487. The average molecular weight is 355 g/mol. The van der Waals surface area contributed by atoms with E-state index in [2.05, 4.69) is 17.6 Å². The van der Waals surface area contributed by atoms with Gasteiger partial charge < -0.3 is 31.3 Å². The van der Waals surface area contributed by atoms with Gasteiger partial charge in [-0.3, -0.25) is 4.79 Å². The van der Waals surface area contributed by atoms with Crippen molar-refractivity contribution in [1.82, 2.24) is 10.6 Å². The number of carbonyl (C=O) groups excluding carboxylic acids is 1. The van der Waals surface area contributed by atoms with E-state index >= 15 is 0 Å². The Morgan fingerprint density at radius 1 is 1.44 bits per heavy atom. The molecule has 1 aliphatic carbocycles. The number of carboxylic acid groups (broad SMARTS) is 1. The lowest BCUT2D eigenvalue weighted by Crippen LogP contribution is -2.35. The molecule has 0 saturated heterocycles. The van der Waals surface area contributed by atoms with Crippen LogP contribution >= 0.6 is 0 Å². The molecule has 142 valence electrons. The Morgan fingerprint density at radius 2 is 2.12 bits per heavy atom. The molecule has 0 bridgehead atoms. The summed E-state index contributed by atoms with van der Waals surface area (Å²) in [4.78, 5) is 20.2. The SMILES string of the molecule is CCCCCCNC(=O)NC1=CC(OC)C=CC(C(N)O)=C1.O=CO. The zero-order valence-corrected chi connectivity index (χ0v) is 14.8. The van der Waals surface area contributed by atoms with Crippen molar-refractivity contribution in [3.05, 3.63) is 35.6 Å². The number of methoxy groups -OCH3 is 1. The first kappa shape index (κ1) is 22.8. The van der Waals surface area contributed by atoms with Crippen molar-refractivity contribution in [3.8, 4) is 0 Å². The molecule has 1 rings (SSSR count). The van der Waals surface area contributed by atoms with Crippen LogP contribution in [0.4, 0.5) is 4.79 Å². The highest BCUT2D eigenvalue weighted by atomic mass is 16.5. The summed E-state index contributed by atoms with van der Waals surface area (Å²) in [6.07, 6.45) is 9.87. The number of carbonyl (C=O) groups is 2. The van der Waals surface area contributed by atoms with Crippen LogP contribution in [0.5, 0.6) is 0 Å². The molecule has 0 aromatic carbocycles. The number of aliphatic hydroxyl groups is 1. The van der Waals surface area contributed by atoms with Gasteiger partial charge in [0.1, 0.15) is 6.23 Å². The Hall–Kier alpha value is -2.16. The molecule has 2 amide bonds. The van der Waals surface area contributed by atoms with Gasteiger partial charge in [-0.1, -0.05) is 38.3 Å². The Balaban J connectivity index is 0.00000178. The van der Waals surface area contributed by atoms with Gasteiger partial charge in [0.2, 0.25) is 0 Å². The molecule has 0 fully saturated rings. The molecule has 2 atom stereocenters. The summed E-state index contributed by atoms with van der Waals surface area (Å²) in [7, 11) is 1.57. The third-order valence-corrected chi connectivity index (χ3v) is 3.33. The van der Waals surface area contributed by atoms with Crippen LogP contribution in [0.1, 0.15) is 32.6 Å². The van der Waals surface area contributed by atoms with Crippen molar-refractivity contribution in [2.75, 3.05) is 13.7 Å². The second-order valence-corrected chi connectivity index (χ2v) is 5.32. The van der Waals surface area contributed by atoms with E-state index < -0.39 is 6.23 Å². The van der Waals surface area contributed by atoms with E-state index in [4.69, 9.17) is 20.4 Å². The highest BCUT2D eigenvalue weighted by Crippen LogP contribution is 2.13. The highest BCUT2D eigenvalue weighted by molar-refractivity contribution is 5.76. The van der Waals surface area contributed by atoms with Crippen molar-refractivity contribution in [3.63, 3.8) is 0 Å². The molecule has 0 aromatic heterocycles. The molecule has 6 N–H and O–H groups in total.